The first kappa shape index (κ1) is 16.6. The van der Waals surface area contributed by atoms with Gasteiger partial charge in [-0.1, -0.05) is 12.2 Å². The summed E-state index contributed by atoms with van der Waals surface area (Å²) >= 11 is 2.00. The summed E-state index contributed by atoms with van der Waals surface area (Å²) in [5.74, 6) is -0.142. The summed E-state index contributed by atoms with van der Waals surface area (Å²) in [6.45, 7) is 2.25. The smallest absolute Gasteiger partial charge is 0.254 e. The lowest BCUT2D eigenvalue weighted by Gasteiger charge is -2.13. The molecule has 6 nitrogen and oxygen atoms in total. The normalized spacial score (nSPS) is 29.9. The predicted octanol–water partition coefficient (Wildman–Crippen LogP) is 2.54. The number of phenols is 1. The van der Waals surface area contributed by atoms with E-state index in [-0.39, 0.29) is 41.2 Å². The maximum atomic E-state index is 12.6. The molecule has 1 aromatic rings. The molecule has 0 spiro atoms. The van der Waals surface area contributed by atoms with Gasteiger partial charge >= 0.3 is 0 Å². The van der Waals surface area contributed by atoms with E-state index >= 15 is 0 Å². The van der Waals surface area contributed by atoms with Crippen LogP contribution in [0.2, 0.25) is 0 Å². The van der Waals surface area contributed by atoms with E-state index in [1.807, 2.05) is 29.5 Å². The fourth-order valence-electron chi connectivity index (χ4n) is 4.06. The number of amides is 2. The van der Waals surface area contributed by atoms with Crippen LogP contribution in [0.3, 0.4) is 0 Å². The third-order valence-corrected chi connectivity index (χ3v) is 5.94. The van der Waals surface area contributed by atoms with Gasteiger partial charge in [0.1, 0.15) is 0 Å². The third kappa shape index (κ3) is 2.56. The van der Waals surface area contributed by atoms with Crippen LogP contribution in [0.15, 0.2) is 29.4 Å². The number of halogens is 1. The average Bonchev–Trinajstić information content (AvgIpc) is 3.25. The van der Waals surface area contributed by atoms with Crippen molar-refractivity contribution in [2.75, 3.05) is 6.61 Å². The number of phenolic OH excluding ortho intramolecular Hbond substituents is 1. The number of fused-ring (bicyclic) bond motifs is 5. The largest absolute Gasteiger partial charge is 0.504 e. The van der Waals surface area contributed by atoms with E-state index in [0.717, 1.165) is 11.4 Å². The summed E-state index contributed by atoms with van der Waals surface area (Å²) in [7, 11) is 0. The molecule has 4 atom stereocenters. The summed E-state index contributed by atoms with van der Waals surface area (Å²) in [6, 6.07) is 3.36. The minimum Gasteiger partial charge on any atom is -0.504 e. The Balaban J connectivity index is 1.59. The van der Waals surface area contributed by atoms with Crippen LogP contribution >= 0.6 is 22.6 Å². The molecule has 130 valence electrons. The summed E-state index contributed by atoms with van der Waals surface area (Å²) in [5.41, 5.74) is 0.657. The van der Waals surface area contributed by atoms with Crippen molar-refractivity contribution in [3.8, 4) is 11.5 Å². The zero-order valence-corrected chi connectivity index (χ0v) is 15.7. The second-order valence-corrected chi connectivity index (χ2v) is 7.68. The van der Waals surface area contributed by atoms with E-state index in [1.165, 1.54) is 6.21 Å². The van der Waals surface area contributed by atoms with Crippen LogP contribution < -0.4 is 4.74 Å². The molecule has 2 aliphatic carbocycles. The van der Waals surface area contributed by atoms with E-state index in [1.54, 1.807) is 12.1 Å². The fourth-order valence-corrected chi connectivity index (χ4v) is 4.68. The number of hydrazone groups is 1. The predicted molar refractivity (Wildman–Crippen MR) is 99.2 cm³/mol. The summed E-state index contributed by atoms with van der Waals surface area (Å²) in [6.07, 6.45) is 6.48. The van der Waals surface area contributed by atoms with Gasteiger partial charge in [0.05, 0.1) is 28.2 Å². The molecule has 1 heterocycles. The highest BCUT2D eigenvalue weighted by atomic mass is 127. The van der Waals surface area contributed by atoms with Gasteiger partial charge in [-0.2, -0.15) is 10.1 Å². The van der Waals surface area contributed by atoms with Crippen molar-refractivity contribution in [1.29, 1.82) is 0 Å². The Morgan fingerprint density at radius 3 is 2.52 bits per heavy atom. The van der Waals surface area contributed by atoms with Crippen LogP contribution in [0.25, 0.3) is 0 Å². The van der Waals surface area contributed by atoms with Gasteiger partial charge in [-0.25, -0.2) is 0 Å². The number of benzene rings is 1. The van der Waals surface area contributed by atoms with E-state index in [0.29, 0.717) is 21.5 Å². The second-order valence-electron chi connectivity index (χ2n) is 6.52. The molecular weight excluding hydrogens is 435 g/mol. The van der Waals surface area contributed by atoms with Crippen molar-refractivity contribution < 1.29 is 19.4 Å². The summed E-state index contributed by atoms with van der Waals surface area (Å²) in [5, 5.41) is 15.2. The Kier molecular flexibility index (Phi) is 4.05. The third-order valence-electron chi connectivity index (χ3n) is 5.12. The Bertz CT molecular complexity index is 790. The number of hydrogen-bond acceptors (Lipinski definition) is 5. The Labute approximate surface area is 158 Å². The molecule has 1 aromatic carbocycles. The van der Waals surface area contributed by atoms with Gasteiger partial charge in [-0.3, -0.25) is 9.59 Å². The van der Waals surface area contributed by atoms with E-state index in [2.05, 4.69) is 17.3 Å². The zero-order valence-electron chi connectivity index (χ0n) is 13.6. The molecule has 1 N–H and O–H groups in total. The van der Waals surface area contributed by atoms with E-state index in [9.17, 15) is 14.7 Å². The second kappa shape index (κ2) is 6.12. The van der Waals surface area contributed by atoms with Crippen molar-refractivity contribution in [1.82, 2.24) is 5.01 Å². The molecular formula is C18H17IN2O4. The lowest BCUT2D eigenvalue weighted by Crippen LogP contribution is -2.28. The van der Waals surface area contributed by atoms with Crippen LogP contribution in [0.1, 0.15) is 18.9 Å². The first-order valence-electron chi connectivity index (χ1n) is 8.26. The van der Waals surface area contributed by atoms with Gasteiger partial charge in [0.2, 0.25) is 0 Å². The topological polar surface area (TPSA) is 79.2 Å². The standard InChI is InChI=1S/C18H17IN2O4/c1-2-25-13-6-9(5-12(19)16(13)22)8-20-21-17(23)14-10-3-4-11(7-10)15(14)18(21)24/h3-6,8,10-11,14-15,22H,2,7H2,1H3/b20-8+. The maximum absolute atomic E-state index is 12.6. The lowest BCUT2D eigenvalue weighted by atomic mass is 9.85. The van der Waals surface area contributed by atoms with Crippen LogP contribution in [-0.2, 0) is 9.59 Å². The number of hydrogen-bond donors (Lipinski definition) is 1. The minimum atomic E-state index is -0.251. The van der Waals surface area contributed by atoms with Gasteiger partial charge in [0.15, 0.2) is 11.5 Å². The van der Waals surface area contributed by atoms with E-state index < -0.39 is 0 Å². The molecule has 4 unspecified atom stereocenters. The number of nitrogens with zero attached hydrogens (tertiary/aromatic N) is 2. The molecule has 2 bridgehead atoms. The van der Waals surface area contributed by atoms with Gasteiger partial charge < -0.3 is 9.84 Å². The lowest BCUT2D eigenvalue weighted by molar-refractivity contribution is -0.140. The van der Waals surface area contributed by atoms with Crippen LogP contribution in [0.5, 0.6) is 11.5 Å². The highest BCUT2D eigenvalue weighted by molar-refractivity contribution is 14.1. The van der Waals surface area contributed by atoms with Gasteiger partial charge in [-0.05, 0) is 65.5 Å². The molecule has 0 radical (unpaired) electrons. The van der Waals surface area contributed by atoms with Crippen LogP contribution in [0, 0.1) is 27.2 Å². The molecule has 0 aromatic heterocycles. The van der Waals surface area contributed by atoms with Crippen LogP contribution in [0.4, 0.5) is 0 Å². The van der Waals surface area contributed by atoms with Crippen molar-refractivity contribution >= 4 is 40.6 Å². The number of imide groups is 1. The number of carbonyl (C=O) groups excluding carboxylic acids is 2. The van der Waals surface area contributed by atoms with Crippen molar-refractivity contribution in [3.63, 3.8) is 0 Å². The molecule has 2 fully saturated rings. The Hall–Kier alpha value is -1.90. The number of aromatic hydroxyl groups is 1. The monoisotopic (exact) mass is 452 g/mol. The van der Waals surface area contributed by atoms with Crippen LogP contribution in [-0.4, -0.2) is 34.8 Å². The van der Waals surface area contributed by atoms with E-state index in [4.69, 9.17) is 4.74 Å². The number of rotatable bonds is 4. The SMILES string of the molecule is CCOc1cc(/C=N/N2C(=O)C3C4C=CC(C4)C3C2=O)cc(I)c1O. The van der Waals surface area contributed by atoms with Crippen molar-refractivity contribution in [2.45, 2.75) is 13.3 Å². The highest BCUT2D eigenvalue weighted by Crippen LogP contribution is 2.52. The molecule has 1 aliphatic heterocycles. The van der Waals surface area contributed by atoms with Crippen molar-refractivity contribution in [2.24, 2.45) is 28.8 Å². The van der Waals surface area contributed by atoms with Gasteiger partial charge in [-0.15, -0.1) is 0 Å². The highest BCUT2D eigenvalue weighted by Gasteiger charge is 2.59. The number of allylic oxidation sites excluding steroid dienone is 2. The molecule has 2 amide bonds. The fraction of sp³-hybridized carbons (Fsp3) is 0.389. The Morgan fingerprint density at radius 1 is 1.28 bits per heavy atom. The molecule has 7 heteroatoms. The quantitative estimate of drug-likeness (QED) is 0.330. The molecule has 3 aliphatic rings. The number of ether oxygens (including phenoxy) is 1. The first-order valence-corrected chi connectivity index (χ1v) is 9.34. The van der Waals surface area contributed by atoms with Gasteiger partial charge in [0, 0.05) is 0 Å². The average molecular weight is 452 g/mol. The number of carbonyl (C=O) groups is 2. The zero-order chi connectivity index (χ0) is 17.7. The summed E-state index contributed by atoms with van der Waals surface area (Å²) in [4.78, 5) is 25.2. The molecule has 4 rings (SSSR count). The molecule has 1 saturated carbocycles. The molecule has 1 saturated heterocycles. The van der Waals surface area contributed by atoms with Gasteiger partial charge in [0.25, 0.3) is 11.8 Å². The molecule has 25 heavy (non-hydrogen) atoms. The Morgan fingerprint density at radius 2 is 1.92 bits per heavy atom. The van der Waals surface area contributed by atoms with Crippen molar-refractivity contribution in [3.05, 3.63) is 33.4 Å². The summed E-state index contributed by atoms with van der Waals surface area (Å²) < 4.78 is 6.01. The maximum Gasteiger partial charge on any atom is 0.254 e. The first-order chi connectivity index (χ1) is 12.0. The minimum absolute atomic E-state index is 0.0742.